The van der Waals surface area contributed by atoms with Crippen LogP contribution < -0.4 is 5.73 Å². The number of halogens is 4. The van der Waals surface area contributed by atoms with E-state index in [-0.39, 0.29) is 18.7 Å². The average molecular weight is 264 g/mol. The van der Waals surface area contributed by atoms with Crippen molar-refractivity contribution in [3.8, 4) is 0 Å². The molecule has 0 aliphatic heterocycles. The van der Waals surface area contributed by atoms with Gasteiger partial charge in [-0.15, -0.1) is 0 Å². The first-order chi connectivity index (χ1) is 8.45. The van der Waals surface area contributed by atoms with E-state index in [0.717, 1.165) is 17.0 Å². The van der Waals surface area contributed by atoms with Gasteiger partial charge in [-0.3, -0.25) is 4.79 Å². The van der Waals surface area contributed by atoms with Crippen LogP contribution in [0.2, 0.25) is 0 Å². The fourth-order valence-electron chi connectivity index (χ4n) is 1.41. The summed E-state index contributed by atoms with van der Waals surface area (Å²) in [6.07, 6.45) is -2.72. The zero-order valence-corrected chi connectivity index (χ0v) is 9.38. The predicted molar refractivity (Wildman–Crippen MR) is 57.3 cm³/mol. The van der Waals surface area contributed by atoms with Gasteiger partial charge in [-0.1, -0.05) is 0 Å². The third kappa shape index (κ3) is 3.69. The lowest BCUT2D eigenvalue weighted by Crippen LogP contribution is -2.38. The van der Waals surface area contributed by atoms with Gasteiger partial charge in [-0.05, 0) is 18.2 Å². The van der Waals surface area contributed by atoms with E-state index >= 15 is 0 Å². The molecule has 0 spiro atoms. The van der Waals surface area contributed by atoms with Gasteiger partial charge in [-0.2, -0.15) is 0 Å². The number of nitrogens with two attached hydrogens (primary N) is 1. The molecule has 1 aromatic rings. The number of alkyl halides is 2. The molecule has 7 heteroatoms. The number of amides is 1. The van der Waals surface area contributed by atoms with Crippen molar-refractivity contribution in [2.24, 2.45) is 5.73 Å². The largest absolute Gasteiger partial charge is 0.332 e. The van der Waals surface area contributed by atoms with Crippen molar-refractivity contribution < 1.29 is 22.4 Å². The fraction of sp³-hybridized carbons (Fsp3) is 0.364. The fourth-order valence-corrected chi connectivity index (χ4v) is 1.41. The lowest BCUT2D eigenvalue weighted by molar-refractivity contribution is 0.0562. The molecule has 1 aromatic carbocycles. The van der Waals surface area contributed by atoms with Crippen LogP contribution in [0.1, 0.15) is 10.4 Å². The van der Waals surface area contributed by atoms with E-state index in [1.54, 1.807) is 0 Å². The first-order valence-corrected chi connectivity index (χ1v) is 5.18. The second kappa shape index (κ2) is 6.34. The van der Waals surface area contributed by atoms with E-state index < -0.39 is 30.5 Å². The van der Waals surface area contributed by atoms with E-state index in [1.165, 1.54) is 0 Å². The van der Waals surface area contributed by atoms with Gasteiger partial charge in [0.15, 0.2) is 11.6 Å². The highest BCUT2D eigenvalue weighted by molar-refractivity contribution is 5.94. The van der Waals surface area contributed by atoms with Gasteiger partial charge in [0.05, 0.1) is 6.54 Å². The molecule has 0 heterocycles. The Bertz CT molecular complexity index is 426. The summed E-state index contributed by atoms with van der Waals surface area (Å²) in [4.78, 5) is 12.6. The quantitative estimate of drug-likeness (QED) is 0.822. The van der Waals surface area contributed by atoms with Crippen LogP contribution in [0.5, 0.6) is 0 Å². The third-order valence-corrected chi connectivity index (χ3v) is 2.21. The highest BCUT2D eigenvalue weighted by atomic mass is 19.3. The zero-order valence-electron chi connectivity index (χ0n) is 9.38. The molecule has 0 bridgehead atoms. The Labute approximate surface area is 101 Å². The van der Waals surface area contributed by atoms with Crippen molar-refractivity contribution >= 4 is 5.91 Å². The summed E-state index contributed by atoms with van der Waals surface area (Å²) < 4.78 is 50.1. The molecule has 0 saturated heterocycles. The maximum absolute atomic E-state index is 12.9. The summed E-state index contributed by atoms with van der Waals surface area (Å²) in [5, 5.41) is 0. The van der Waals surface area contributed by atoms with Gasteiger partial charge in [0, 0.05) is 18.7 Å². The van der Waals surface area contributed by atoms with E-state index in [0.29, 0.717) is 6.07 Å². The van der Waals surface area contributed by atoms with Crippen LogP contribution in [0.15, 0.2) is 18.2 Å². The second-order valence-corrected chi connectivity index (χ2v) is 3.56. The number of benzene rings is 1. The molecule has 3 nitrogen and oxygen atoms in total. The Morgan fingerprint density at radius 1 is 1.28 bits per heavy atom. The van der Waals surface area contributed by atoms with Crippen molar-refractivity contribution in [3.63, 3.8) is 0 Å². The minimum Gasteiger partial charge on any atom is -0.332 e. The smallest absolute Gasteiger partial charge is 0.255 e. The molecule has 2 N–H and O–H groups in total. The molecule has 0 aliphatic carbocycles. The predicted octanol–water partition coefficient (Wildman–Crippen LogP) is 1.63. The number of carbonyl (C=O) groups is 1. The first-order valence-electron chi connectivity index (χ1n) is 5.18. The van der Waals surface area contributed by atoms with Crippen molar-refractivity contribution in [2.75, 3.05) is 19.6 Å². The Kier molecular flexibility index (Phi) is 5.08. The number of rotatable bonds is 5. The van der Waals surface area contributed by atoms with E-state index in [2.05, 4.69) is 0 Å². The molecular formula is C11H12F4N2O. The molecule has 18 heavy (non-hydrogen) atoms. The minimum absolute atomic E-state index is 0.00212. The Hall–Kier alpha value is -1.63. The molecule has 0 saturated carbocycles. The Morgan fingerprint density at radius 3 is 2.44 bits per heavy atom. The molecule has 0 atom stereocenters. The maximum Gasteiger partial charge on any atom is 0.255 e. The van der Waals surface area contributed by atoms with Gasteiger partial charge >= 0.3 is 0 Å². The molecule has 0 unspecified atom stereocenters. The highest BCUT2D eigenvalue weighted by Gasteiger charge is 2.20. The Morgan fingerprint density at radius 2 is 1.94 bits per heavy atom. The summed E-state index contributed by atoms with van der Waals surface area (Å²) >= 11 is 0. The van der Waals surface area contributed by atoms with E-state index in [1.807, 2.05) is 0 Å². The second-order valence-electron chi connectivity index (χ2n) is 3.56. The van der Waals surface area contributed by atoms with Crippen LogP contribution in [-0.4, -0.2) is 36.9 Å². The van der Waals surface area contributed by atoms with Gasteiger partial charge < -0.3 is 10.6 Å². The maximum atomic E-state index is 12.9. The monoisotopic (exact) mass is 264 g/mol. The minimum atomic E-state index is -2.72. The van der Waals surface area contributed by atoms with Gasteiger partial charge in [0.2, 0.25) is 0 Å². The summed E-state index contributed by atoms with van der Waals surface area (Å²) in [5.41, 5.74) is 5.01. The Balaban J connectivity index is 2.90. The van der Waals surface area contributed by atoms with Crippen LogP contribution in [0.4, 0.5) is 17.6 Å². The number of carbonyl (C=O) groups excluding carboxylic acids is 1. The van der Waals surface area contributed by atoms with Crippen LogP contribution >= 0.6 is 0 Å². The lowest BCUT2D eigenvalue weighted by Gasteiger charge is -2.21. The standard InChI is InChI=1S/C11H12F4N2O/c12-8-2-1-7(5-9(8)13)11(18)17(4-3-16)6-10(14)15/h1-2,5,10H,3-4,6,16H2. The number of hydrogen-bond acceptors (Lipinski definition) is 2. The molecule has 0 aliphatic rings. The SMILES string of the molecule is NCCN(CC(F)F)C(=O)c1ccc(F)c(F)c1. The molecule has 1 rings (SSSR count). The molecule has 0 fully saturated rings. The van der Waals surface area contributed by atoms with Gasteiger partial charge in [0.1, 0.15) is 0 Å². The first kappa shape index (κ1) is 14.4. The molecule has 0 aromatic heterocycles. The summed E-state index contributed by atoms with van der Waals surface area (Å²) in [5.74, 6) is -3.11. The van der Waals surface area contributed by atoms with Gasteiger partial charge in [0.25, 0.3) is 12.3 Å². The van der Waals surface area contributed by atoms with Gasteiger partial charge in [-0.25, -0.2) is 17.6 Å². The van der Waals surface area contributed by atoms with Crippen molar-refractivity contribution in [1.82, 2.24) is 4.90 Å². The summed E-state index contributed by atoms with van der Waals surface area (Å²) in [7, 11) is 0. The van der Waals surface area contributed by atoms with E-state index in [4.69, 9.17) is 5.73 Å². The van der Waals surface area contributed by atoms with Crippen LogP contribution in [0, 0.1) is 11.6 Å². The third-order valence-electron chi connectivity index (χ3n) is 2.21. The molecular weight excluding hydrogens is 252 g/mol. The number of hydrogen-bond donors (Lipinski definition) is 1. The average Bonchev–Trinajstić information content (AvgIpc) is 2.31. The lowest BCUT2D eigenvalue weighted by atomic mass is 10.2. The molecule has 0 radical (unpaired) electrons. The van der Waals surface area contributed by atoms with Crippen molar-refractivity contribution in [1.29, 1.82) is 0 Å². The topological polar surface area (TPSA) is 46.3 Å². The normalized spacial score (nSPS) is 10.8. The van der Waals surface area contributed by atoms with E-state index in [9.17, 15) is 22.4 Å². The van der Waals surface area contributed by atoms with Crippen molar-refractivity contribution in [2.45, 2.75) is 6.43 Å². The van der Waals surface area contributed by atoms with Crippen LogP contribution in [0.25, 0.3) is 0 Å². The van der Waals surface area contributed by atoms with Crippen molar-refractivity contribution in [3.05, 3.63) is 35.4 Å². The highest BCUT2D eigenvalue weighted by Crippen LogP contribution is 2.12. The van der Waals surface area contributed by atoms with Crippen LogP contribution in [-0.2, 0) is 0 Å². The molecule has 1 amide bonds. The zero-order chi connectivity index (χ0) is 13.7. The summed E-state index contributed by atoms with van der Waals surface area (Å²) in [6.45, 7) is -0.876. The summed E-state index contributed by atoms with van der Waals surface area (Å²) in [6, 6.07) is 2.48. The molecule has 100 valence electrons. The number of nitrogens with zero attached hydrogens (tertiary/aromatic N) is 1. The van der Waals surface area contributed by atoms with Crippen LogP contribution in [0.3, 0.4) is 0 Å².